The van der Waals surface area contributed by atoms with Crippen molar-refractivity contribution in [2.45, 2.75) is 114 Å². The van der Waals surface area contributed by atoms with Gasteiger partial charge < -0.3 is 18.8 Å². The van der Waals surface area contributed by atoms with E-state index in [2.05, 4.69) is 9.71 Å². The van der Waals surface area contributed by atoms with Crippen LogP contribution in [0.4, 0.5) is 4.39 Å². The third-order valence-corrected chi connectivity index (χ3v) is 11.6. The number of nitrogens with one attached hydrogen (secondary N) is 1. The molecule has 49 heavy (non-hydrogen) atoms. The standard InChI is InChI=1S/C35H44FN3O9S/c1-34(2,3)48-30(41)15-21-9-7-5-4-6-8-10-22-18-35(22,32(43)38-49(44,45)25-12-13-25)19-28(40)27-17-24(20-39(27)31(21)42)46-33-37-26-16-23(36)11-14-29(26)47-33/h8,10-11,14,16,21-22,24-25,27H,4-7,9,12-13,15,17-20H2,1-3H3,(H,38,43)/b10-8-/t21-,22-,24-,27+,35-/m1/s1. The minimum atomic E-state index is -3.85. The number of aromatic nitrogens is 1. The summed E-state index contributed by atoms with van der Waals surface area (Å²) in [6, 6.07) is 2.84. The van der Waals surface area contributed by atoms with Crippen LogP contribution in [0.25, 0.3) is 11.1 Å². The minimum Gasteiger partial charge on any atom is -0.460 e. The maximum absolute atomic E-state index is 14.3. The lowest BCUT2D eigenvalue weighted by molar-refractivity contribution is -0.159. The second kappa shape index (κ2) is 13.5. The number of allylic oxidation sites excluding steroid dienone is 2. The van der Waals surface area contributed by atoms with Crippen molar-refractivity contribution >= 4 is 44.7 Å². The van der Waals surface area contributed by atoms with Crippen molar-refractivity contribution in [3.8, 4) is 6.08 Å². The molecule has 3 fully saturated rings. The van der Waals surface area contributed by atoms with Crippen LogP contribution in [0.2, 0.25) is 0 Å². The number of Topliss-reactive ketones (excluding diaryl/α,β-unsaturated/α-hetero) is 1. The molecule has 0 bridgehead atoms. The molecule has 2 saturated carbocycles. The summed E-state index contributed by atoms with van der Waals surface area (Å²) in [5, 5.41) is -0.607. The topological polar surface area (TPSA) is 162 Å². The highest BCUT2D eigenvalue weighted by Gasteiger charge is 2.61. The molecule has 5 atom stereocenters. The summed E-state index contributed by atoms with van der Waals surface area (Å²) in [6.45, 7) is 5.23. The molecule has 14 heteroatoms. The number of ketones is 1. The van der Waals surface area contributed by atoms with Crippen LogP contribution in [0.5, 0.6) is 6.08 Å². The molecule has 2 aliphatic heterocycles. The molecule has 1 saturated heterocycles. The van der Waals surface area contributed by atoms with E-state index in [1.54, 1.807) is 20.8 Å². The van der Waals surface area contributed by atoms with Crippen LogP contribution in [0.1, 0.15) is 91.4 Å². The number of carbonyl (C=O) groups is 4. The maximum Gasteiger partial charge on any atom is 0.394 e. The smallest absolute Gasteiger partial charge is 0.394 e. The molecular weight excluding hydrogens is 657 g/mol. The molecule has 0 unspecified atom stereocenters. The van der Waals surface area contributed by atoms with Gasteiger partial charge in [0.25, 0.3) is 0 Å². The van der Waals surface area contributed by atoms with Gasteiger partial charge >= 0.3 is 12.0 Å². The fourth-order valence-electron chi connectivity index (χ4n) is 6.98. The van der Waals surface area contributed by atoms with E-state index in [0.29, 0.717) is 37.7 Å². The van der Waals surface area contributed by atoms with Crippen LogP contribution in [-0.2, 0) is 33.9 Å². The summed E-state index contributed by atoms with van der Waals surface area (Å²) in [6.07, 6.45) is 7.31. The van der Waals surface area contributed by atoms with Gasteiger partial charge in [-0.3, -0.25) is 23.9 Å². The Hall–Kier alpha value is -3.81. The summed E-state index contributed by atoms with van der Waals surface area (Å²) >= 11 is 0. The number of esters is 1. The normalized spacial score (nSPS) is 28.9. The van der Waals surface area contributed by atoms with E-state index in [9.17, 15) is 32.0 Å². The lowest BCUT2D eigenvalue weighted by Gasteiger charge is -2.29. The van der Waals surface area contributed by atoms with Crippen molar-refractivity contribution in [3.05, 3.63) is 36.2 Å². The van der Waals surface area contributed by atoms with E-state index < -0.39 is 73.7 Å². The molecule has 2 aromatic rings. The van der Waals surface area contributed by atoms with Crippen LogP contribution in [0.15, 0.2) is 34.8 Å². The Bertz CT molecular complexity index is 1760. The molecule has 0 radical (unpaired) electrons. The maximum atomic E-state index is 14.3. The molecule has 2 aliphatic carbocycles. The first-order valence-electron chi connectivity index (χ1n) is 17.1. The molecule has 266 valence electrons. The van der Waals surface area contributed by atoms with E-state index in [1.807, 2.05) is 12.2 Å². The number of halogens is 1. The van der Waals surface area contributed by atoms with Gasteiger partial charge in [-0.05, 0) is 77.3 Å². The summed E-state index contributed by atoms with van der Waals surface area (Å²) in [5.74, 6) is -3.60. The van der Waals surface area contributed by atoms with Crippen LogP contribution >= 0.6 is 0 Å². The van der Waals surface area contributed by atoms with Gasteiger partial charge in [0.05, 0.1) is 29.7 Å². The Morgan fingerprint density at radius 3 is 2.65 bits per heavy atom. The highest BCUT2D eigenvalue weighted by Crippen LogP contribution is 2.57. The van der Waals surface area contributed by atoms with Crippen molar-refractivity contribution in [1.82, 2.24) is 14.6 Å². The molecular formula is C35H44FN3O9S. The molecule has 6 rings (SSSR count). The van der Waals surface area contributed by atoms with Crippen molar-refractivity contribution in [1.29, 1.82) is 0 Å². The SMILES string of the molecule is CC(C)(C)OC(=O)C[C@H]1CCCCC/C=C\[C@@H]2C[C@@]2(C(=O)NS(=O)(=O)C2CC2)CC(=O)[C@@H]2C[C@@H](Oc3nc4cc(F)ccc4o3)CN2C1=O. The van der Waals surface area contributed by atoms with Crippen molar-refractivity contribution < 1.29 is 45.9 Å². The highest BCUT2D eigenvalue weighted by atomic mass is 32.2. The fraction of sp³-hybridized carbons (Fsp3) is 0.629. The largest absolute Gasteiger partial charge is 0.460 e. The monoisotopic (exact) mass is 701 g/mol. The van der Waals surface area contributed by atoms with E-state index >= 15 is 0 Å². The summed E-state index contributed by atoms with van der Waals surface area (Å²) in [4.78, 5) is 60.8. The first-order valence-corrected chi connectivity index (χ1v) is 18.7. The molecule has 12 nitrogen and oxygen atoms in total. The third-order valence-electron chi connectivity index (χ3n) is 9.76. The molecule has 1 aromatic heterocycles. The minimum absolute atomic E-state index is 0.0221. The third kappa shape index (κ3) is 8.16. The summed E-state index contributed by atoms with van der Waals surface area (Å²) < 4.78 is 58.8. The van der Waals surface area contributed by atoms with E-state index in [-0.39, 0.29) is 43.3 Å². The number of rotatable bonds is 7. The second-order valence-electron chi connectivity index (χ2n) is 14.9. The fourth-order valence-corrected chi connectivity index (χ4v) is 8.36. The molecule has 4 aliphatic rings. The number of hydrogen-bond acceptors (Lipinski definition) is 10. The van der Waals surface area contributed by atoms with Gasteiger partial charge in [0.15, 0.2) is 11.4 Å². The number of nitrogens with zero attached hydrogens (tertiary/aromatic N) is 2. The number of oxazole rings is 1. The number of sulfonamides is 1. The highest BCUT2D eigenvalue weighted by molar-refractivity contribution is 7.90. The molecule has 2 amide bonds. The quantitative estimate of drug-likeness (QED) is 0.315. The lowest BCUT2D eigenvalue weighted by Crippen LogP contribution is -2.46. The zero-order valence-corrected chi connectivity index (χ0v) is 28.9. The number of fused-ring (bicyclic) bond motifs is 3. The van der Waals surface area contributed by atoms with Crippen LogP contribution in [0, 0.1) is 23.1 Å². The second-order valence-corrected chi connectivity index (χ2v) is 16.9. The van der Waals surface area contributed by atoms with Gasteiger partial charge in [-0.15, -0.1) is 0 Å². The average Bonchev–Trinajstić information content (AvgIpc) is 3.90. The Kier molecular flexibility index (Phi) is 9.64. The number of carbonyl (C=O) groups excluding carboxylic acids is 4. The van der Waals surface area contributed by atoms with Gasteiger partial charge in [0.1, 0.15) is 23.0 Å². The first-order chi connectivity index (χ1) is 23.1. The zero-order chi connectivity index (χ0) is 35.1. The Morgan fingerprint density at radius 1 is 1.14 bits per heavy atom. The van der Waals surface area contributed by atoms with Crippen LogP contribution in [0.3, 0.4) is 0 Å². The first kappa shape index (κ1) is 35.0. The molecule has 0 spiro atoms. The number of benzene rings is 1. The zero-order valence-electron chi connectivity index (χ0n) is 28.1. The Balaban J connectivity index is 1.28. The van der Waals surface area contributed by atoms with Gasteiger partial charge in [-0.1, -0.05) is 25.0 Å². The van der Waals surface area contributed by atoms with E-state index in [0.717, 1.165) is 19.3 Å². The predicted octanol–water partition coefficient (Wildman–Crippen LogP) is 4.76. The number of amides is 2. The van der Waals surface area contributed by atoms with E-state index in [4.69, 9.17) is 13.9 Å². The molecule has 3 heterocycles. The van der Waals surface area contributed by atoms with Crippen molar-refractivity contribution in [3.63, 3.8) is 0 Å². The predicted molar refractivity (Wildman–Crippen MR) is 175 cm³/mol. The number of ether oxygens (including phenoxy) is 2. The van der Waals surface area contributed by atoms with Crippen molar-refractivity contribution in [2.75, 3.05) is 6.54 Å². The average molecular weight is 702 g/mol. The summed E-state index contributed by atoms with van der Waals surface area (Å²) in [5.41, 5.74) is -1.46. The van der Waals surface area contributed by atoms with Gasteiger partial charge in [-0.25, -0.2) is 12.8 Å². The molecule has 1 aromatic carbocycles. The van der Waals surface area contributed by atoms with Gasteiger partial charge in [-0.2, -0.15) is 4.98 Å². The molecule has 1 N–H and O–H groups in total. The summed E-state index contributed by atoms with van der Waals surface area (Å²) in [7, 11) is -3.85. The van der Waals surface area contributed by atoms with Crippen LogP contribution in [-0.4, -0.2) is 71.4 Å². The Morgan fingerprint density at radius 2 is 1.92 bits per heavy atom. The van der Waals surface area contributed by atoms with Crippen LogP contribution < -0.4 is 9.46 Å². The van der Waals surface area contributed by atoms with E-state index in [1.165, 1.54) is 23.1 Å². The number of hydrogen-bond donors (Lipinski definition) is 1. The lowest BCUT2D eigenvalue weighted by atomic mass is 9.90. The Labute approximate surface area is 285 Å². The van der Waals surface area contributed by atoms with Crippen molar-refractivity contribution in [2.24, 2.45) is 17.3 Å². The van der Waals surface area contributed by atoms with Gasteiger partial charge in [0.2, 0.25) is 21.8 Å². The van der Waals surface area contributed by atoms with Gasteiger partial charge in [0, 0.05) is 24.8 Å².